The Morgan fingerprint density at radius 2 is 1.49 bits per heavy atom. The van der Waals surface area contributed by atoms with E-state index in [1.54, 1.807) is 18.2 Å². The van der Waals surface area contributed by atoms with E-state index in [2.05, 4.69) is 32.6 Å². The molecular weight excluding hydrogens is 501 g/mol. The SMILES string of the molecule is C=C(CC)c1cc(CC(=O)c2ccc(C)cc2)ccc1C.C=O.CC=O.Cc1cccc(CCC(F)(F)F)c1.[HH].[HH]. The van der Waals surface area contributed by atoms with Gasteiger partial charge in [0.1, 0.15) is 13.1 Å². The number of Topliss-reactive ketones (excluding diaryl/α,β-unsaturated/α-hetero) is 1. The van der Waals surface area contributed by atoms with E-state index < -0.39 is 12.6 Å². The molecule has 0 aliphatic rings. The van der Waals surface area contributed by atoms with Crippen molar-refractivity contribution in [2.75, 3.05) is 0 Å². The molecule has 39 heavy (non-hydrogen) atoms. The summed E-state index contributed by atoms with van der Waals surface area (Å²) in [5, 5.41) is 0. The molecule has 3 rings (SSSR count). The molecule has 3 nitrogen and oxygen atoms in total. The Balaban J connectivity index is -0.000000624. The average molecular weight is 545 g/mol. The van der Waals surface area contributed by atoms with Crippen molar-refractivity contribution in [3.8, 4) is 0 Å². The monoisotopic (exact) mass is 544 g/mol. The van der Waals surface area contributed by atoms with Gasteiger partial charge in [-0.05, 0) is 68.4 Å². The van der Waals surface area contributed by atoms with Crippen LogP contribution in [0.15, 0.2) is 73.3 Å². The van der Waals surface area contributed by atoms with Gasteiger partial charge < -0.3 is 9.59 Å². The van der Waals surface area contributed by atoms with Crippen molar-refractivity contribution in [2.45, 2.75) is 66.5 Å². The highest BCUT2D eigenvalue weighted by Gasteiger charge is 2.26. The predicted octanol–water partition coefficient (Wildman–Crippen LogP) is 9.15. The van der Waals surface area contributed by atoms with Gasteiger partial charge in [-0.3, -0.25) is 4.79 Å². The molecule has 0 amide bonds. The fourth-order valence-electron chi connectivity index (χ4n) is 3.53. The average Bonchev–Trinajstić information content (AvgIpc) is 2.90. The molecule has 0 aliphatic heterocycles. The van der Waals surface area contributed by atoms with E-state index in [-0.39, 0.29) is 15.1 Å². The molecule has 214 valence electrons. The second kappa shape index (κ2) is 18.5. The van der Waals surface area contributed by atoms with Crippen LogP contribution in [-0.4, -0.2) is 25.0 Å². The minimum Gasteiger partial charge on any atom is -0.307 e. The van der Waals surface area contributed by atoms with Gasteiger partial charge >= 0.3 is 6.18 Å². The predicted molar refractivity (Wildman–Crippen MR) is 158 cm³/mol. The molecule has 0 aliphatic carbocycles. The number of aldehydes is 1. The maximum absolute atomic E-state index is 12.3. The molecule has 0 heterocycles. The summed E-state index contributed by atoms with van der Waals surface area (Å²) in [4.78, 5) is 29.1. The Bertz CT molecular complexity index is 1190. The van der Waals surface area contributed by atoms with Gasteiger partial charge in [-0.2, -0.15) is 13.2 Å². The van der Waals surface area contributed by atoms with E-state index >= 15 is 0 Å². The number of ketones is 1. The van der Waals surface area contributed by atoms with Crippen molar-refractivity contribution < 1.29 is 30.4 Å². The van der Waals surface area contributed by atoms with Crippen molar-refractivity contribution in [3.63, 3.8) is 0 Å². The highest BCUT2D eigenvalue weighted by molar-refractivity contribution is 5.97. The lowest BCUT2D eigenvalue weighted by molar-refractivity contribution is -0.134. The molecule has 3 aromatic rings. The lowest BCUT2D eigenvalue weighted by Crippen LogP contribution is -2.08. The normalized spacial score (nSPS) is 9.95. The van der Waals surface area contributed by atoms with Crippen LogP contribution >= 0.6 is 0 Å². The Morgan fingerprint density at radius 1 is 0.897 bits per heavy atom. The lowest BCUT2D eigenvalue weighted by Gasteiger charge is -2.10. The van der Waals surface area contributed by atoms with Crippen molar-refractivity contribution in [3.05, 3.63) is 112 Å². The summed E-state index contributed by atoms with van der Waals surface area (Å²) < 4.78 is 35.5. The third kappa shape index (κ3) is 14.6. The number of aryl methyl sites for hydroxylation is 4. The van der Waals surface area contributed by atoms with Crippen molar-refractivity contribution in [1.29, 1.82) is 0 Å². The number of rotatable bonds is 7. The summed E-state index contributed by atoms with van der Waals surface area (Å²) in [6.45, 7) is 15.6. The smallest absolute Gasteiger partial charge is 0.307 e. The minimum absolute atomic E-state index is 0. The number of hydrogen-bond acceptors (Lipinski definition) is 3. The Hall–Kier alpha value is -3.80. The quantitative estimate of drug-likeness (QED) is 0.220. The van der Waals surface area contributed by atoms with Crippen molar-refractivity contribution in [2.24, 2.45) is 0 Å². The number of benzene rings is 3. The Labute approximate surface area is 233 Å². The second-order valence-electron chi connectivity index (χ2n) is 8.91. The van der Waals surface area contributed by atoms with Crippen LogP contribution in [0.4, 0.5) is 13.2 Å². The summed E-state index contributed by atoms with van der Waals surface area (Å²) in [5.74, 6) is 0.159. The first-order valence-electron chi connectivity index (χ1n) is 12.6. The van der Waals surface area contributed by atoms with Gasteiger partial charge in [0, 0.05) is 21.3 Å². The molecule has 6 heteroatoms. The summed E-state index contributed by atoms with van der Waals surface area (Å²) in [7, 11) is 0. The molecule has 0 spiro atoms. The third-order valence-electron chi connectivity index (χ3n) is 5.63. The fourth-order valence-corrected chi connectivity index (χ4v) is 3.53. The molecule has 0 atom stereocenters. The third-order valence-corrected chi connectivity index (χ3v) is 5.63. The molecule has 0 unspecified atom stereocenters. The maximum Gasteiger partial charge on any atom is 0.389 e. The van der Waals surface area contributed by atoms with Gasteiger partial charge in [0.25, 0.3) is 0 Å². The van der Waals surface area contributed by atoms with Crippen LogP contribution in [0, 0.1) is 20.8 Å². The summed E-state index contributed by atoms with van der Waals surface area (Å²) in [6.07, 6.45) is -2.60. The van der Waals surface area contributed by atoms with Gasteiger partial charge in [-0.25, -0.2) is 0 Å². The number of carbonyl (C=O) groups is 3. The first-order chi connectivity index (χ1) is 18.4. The lowest BCUT2D eigenvalue weighted by atomic mass is 9.94. The van der Waals surface area contributed by atoms with Gasteiger partial charge in [0.05, 0.1) is 0 Å². The highest BCUT2D eigenvalue weighted by Crippen LogP contribution is 2.23. The summed E-state index contributed by atoms with van der Waals surface area (Å²) in [5.41, 5.74) is 8.26. The molecule has 3 aromatic carbocycles. The molecule has 0 fully saturated rings. The summed E-state index contributed by atoms with van der Waals surface area (Å²) >= 11 is 0. The second-order valence-corrected chi connectivity index (χ2v) is 8.91. The largest absolute Gasteiger partial charge is 0.389 e. The van der Waals surface area contributed by atoms with Crippen LogP contribution in [-0.2, 0) is 22.4 Å². The molecule has 0 saturated heterocycles. The molecular formula is C33H43F3O3. The van der Waals surface area contributed by atoms with Crippen LogP contribution < -0.4 is 0 Å². The van der Waals surface area contributed by atoms with E-state index in [1.807, 2.05) is 57.0 Å². The van der Waals surface area contributed by atoms with Gasteiger partial charge in [-0.1, -0.05) is 91.4 Å². The van der Waals surface area contributed by atoms with Crippen LogP contribution in [0.25, 0.3) is 5.57 Å². The van der Waals surface area contributed by atoms with E-state index in [0.29, 0.717) is 6.42 Å². The van der Waals surface area contributed by atoms with Crippen LogP contribution in [0.2, 0.25) is 0 Å². The van der Waals surface area contributed by atoms with E-state index in [4.69, 9.17) is 9.59 Å². The zero-order valence-electron chi connectivity index (χ0n) is 23.5. The maximum atomic E-state index is 12.3. The fraction of sp³-hybridized carbons (Fsp3) is 0.303. The molecule has 0 bridgehead atoms. The van der Waals surface area contributed by atoms with E-state index in [0.717, 1.165) is 40.5 Å². The van der Waals surface area contributed by atoms with E-state index in [9.17, 15) is 18.0 Å². The van der Waals surface area contributed by atoms with Gasteiger partial charge in [0.15, 0.2) is 5.78 Å². The Kier molecular flexibility index (Phi) is 16.7. The van der Waals surface area contributed by atoms with Gasteiger partial charge in [0.2, 0.25) is 0 Å². The van der Waals surface area contributed by atoms with Crippen molar-refractivity contribution in [1.82, 2.24) is 0 Å². The number of hydrogen-bond donors (Lipinski definition) is 0. The summed E-state index contributed by atoms with van der Waals surface area (Å²) in [6, 6.07) is 21.1. The number of alkyl halides is 3. The van der Waals surface area contributed by atoms with Gasteiger partial charge in [-0.15, -0.1) is 0 Å². The van der Waals surface area contributed by atoms with Crippen LogP contribution in [0.5, 0.6) is 0 Å². The number of allylic oxidation sites excluding steroid dienone is 1. The standard InChI is InChI=1S/C20H22O.C10H11F3.C2H4O.CH2O.2H2/c1-5-15(3)19-12-17(9-8-16(19)4)13-20(21)18-10-6-14(2)7-11-18;1-8-3-2-4-9(7-8)5-6-10(11,12)13;1-2-3;1-2;;/h6-12H,3,5,13H2,1-2,4H3;2-4,7H,5-6H2,1H3;2H,1H3;1H2;2*1H. The zero-order valence-corrected chi connectivity index (χ0v) is 23.5. The molecule has 0 N–H and O–H groups in total. The first-order valence-corrected chi connectivity index (χ1v) is 12.6. The molecule has 0 saturated carbocycles. The number of halogens is 3. The molecule has 0 aromatic heterocycles. The topological polar surface area (TPSA) is 51.2 Å². The highest BCUT2D eigenvalue weighted by atomic mass is 19.4. The minimum atomic E-state index is -4.05. The van der Waals surface area contributed by atoms with Crippen molar-refractivity contribution >= 4 is 24.4 Å². The van der Waals surface area contributed by atoms with Crippen LogP contribution in [0.1, 0.15) is 73.3 Å². The zero-order chi connectivity index (χ0) is 30.0. The molecule has 0 radical (unpaired) electrons. The number of carbonyl (C=O) groups excluding carboxylic acids is 3. The van der Waals surface area contributed by atoms with E-state index in [1.165, 1.54) is 23.6 Å². The van der Waals surface area contributed by atoms with Crippen LogP contribution in [0.3, 0.4) is 0 Å². The first kappa shape index (κ1) is 35.2. The Morgan fingerprint density at radius 3 is 2.00 bits per heavy atom.